The Hall–Kier alpha value is -0.590. The van der Waals surface area contributed by atoms with Crippen molar-refractivity contribution in [3.05, 3.63) is 0 Å². The summed E-state index contributed by atoms with van der Waals surface area (Å²) in [5.41, 5.74) is -0.624. The van der Waals surface area contributed by atoms with Crippen LogP contribution in [0.4, 0.5) is 0 Å². The maximum atomic E-state index is 9.54. The van der Waals surface area contributed by atoms with E-state index in [1.165, 1.54) is 6.42 Å². The predicted octanol–water partition coefficient (Wildman–Crippen LogP) is 2.74. The van der Waals surface area contributed by atoms with Crippen LogP contribution in [0, 0.1) is 29.1 Å². The largest absolute Gasteiger partial charge is 0.396 e. The van der Waals surface area contributed by atoms with E-state index in [0.29, 0.717) is 30.8 Å². The monoisotopic (exact) mass is 239 g/mol. The number of aliphatic hydroxyl groups excluding tert-OH is 1. The molecule has 1 fully saturated rings. The number of nitriles is 1. The fraction of sp³-hybridized carbons (Fsp3) is 0.929. The summed E-state index contributed by atoms with van der Waals surface area (Å²) in [6, 6.07) is 2.43. The van der Waals surface area contributed by atoms with Gasteiger partial charge in [-0.2, -0.15) is 5.26 Å². The van der Waals surface area contributed by atoms with E-state index < -0.39 is 5.60 Å². The zero-order valence-electron chi connectivity index (χ0n) is 11.3. The maximum Gasteiger partial charge on any atom is 0.157 e. The highest BCUT2D eigenvalue weighted by Crippen LogP contribution is 2.43. The van der Waals surface area contributed by atoms with Gasteiger partial charge in [0.25, 0.3) is 0 Å². The van der Waals surface area contributed by atoms with Crippen molar-refractivity contribution >= 4 is 0 Å². The first-order chi connectivity index (χ1) is 8.05. The maximum absolute atomic E-state index is 9.54. The van der Waals surface area contributed by atoms with E-state index in [2.05, 4.69) is 26.8 Å². The van der Waals surface area contributed by atoms with Gasteiger partial charge >= 0.3 is 0 Å². The molecule has 3 nitrogen and oxygen atoms in total. The number of hydrogen-bond donors (Lipinski definition) is 1. The van der Waals surface area contributed by atoms with Crippen LogP contribution >= 0.6 is 0 Å². The van der Waals surface area contributed by atoms with E-state index in [1.807, 2.05) is 0 Å². The first-order valence-electron chi connectivity index (χ1n) is 6.71. The van der Waals surface area contributed by atoms with Gasteiger partial charge in [-0.25, -0.2) is 0 Å². The average Bonchev–Trinajstić information content (AvgIpc) is 2.29. The SMILES string of the molecule is CC1CCC(C(C)C)C(C#N)(OCCCO)C1. The lowest BCUT2D eigenvalue weighted by Crippen LogP contribution is -2.47. The summed E-state index contributed by atoms with van der Waals surface area (Å²) in [4.78, 5) is 0. The summed E-state index contributed by atoms with van der Waals surface area (Å²) in [6.45, 7) is 7.14. The van der Waals surface area contributed by atoms with Crippen LogP contribution in [0.5, 0.6) is 0 Å². The molecule has 0 aromatic rings. The van der Waals surface area contributed by atoms with Crippen LogP contribution in [-0.4, -0.2) is 23.9 Å². The molecule has 0 heterocycles. The van der Waals surface area contributed by atoms with Crippen LogP contribution in [-0.2, 0) is 4.74 Å². The molecular weight excluding hydrogens is 214 g/mol. The molecule has 0 bridgehead atoms. The molecule has 1 aliphatic rings. The second kappa shape index (κ2) is 6.37. The third-order valence-corrected chi connectivity index (χ3v) is 3.88. The Labute approximate surface area is 105 Å². The molecule has 1 aliphatic carbocycles. The van der Waals surface area contributed by atoms with Crippen molar-refractivity contribution in [2.24, 2.45) is 17.8 Å². The quantitative estimate of drug-likeness (QED) is 0.750. The van der Waals surface area contributed by atoms with E-state index in [4.69, 9.17) is 9.84 Å². The summed E-state index contributed by atoms with van der Waals surface area (Å²) in [7, 11) is 0. The average molecular weight is 239 g/mol. The zero-order valence-corrected chi connectivity index (χ0v) is 11.3. The Bertz CT molecular complexity index is 272. The fourth-order valence-electron chi connectivity index (χ4n) is 2.99. The zero-order chi connectivity index (χ0) is 12.9. The summed E-state index contributed by atoms with van der Waals surface area (Å²) in [5.74, 6) is 1.34. The predicted molar refractivity (Wildman–Crippen MR) is 67.3 cm³/mol. The van der Waals surface area contributed by atoms with E-state index in [0.717, 1.165) is 12.8 Å². The minimum atomic E-state index is -0.624. The first kappa shape index (κ1) is 14.5. The smallest absolute Gasteiger partial charge is 0.157 e. The highest BCUT2D eigenvalue weighted by molar-refractivity contribution is 5.09. The van der Waals surface area contributed by atoms with Crippen LogP contribution in [0.3, 0.4) is 0 Å². The highest BCUT2D eigenvalue weighted by atomic mass is 16.5. The molecule has 0 aromatic heterocycles. The number of nitrogens with zero attached hydrogens (tertiary/aromatic N) is 1. The van der Waals surface area contributed by atoms with Crippen molar-refractivity contribution in [1.29, 1.82) is 5.26 Å². The standard InChI is InChI=1S/C14H25NO2/c1-11(2)13-6-5-12(3)9-14(13,10-15)17-8-4-7-16/h11-13,16H,4-9H2,1-3H3. The molecule has 98 valence electrons. The number of hydrogen-bond acceptors (Lipinski definition) is 3. The Morgan fingerprint density at radius 3 is 2.71 bits per heavy atom. The van der Waals surface area contributed by atoms with Gasteiger partial charge in [0.15, 0.2) is 5.60 Å². The normalized spacial score (nSPS) is 33.6. The summed E-state index contributed by atoms with van der Waals surface area (Å²) in [6.07, 6.45) is 3.71. The second-order valence-electron chi connectivity index (χ2n) is 5.66. The van der Waals surface area contributed by atoms with Gasteiger partial charge < -0.3 is 9.84 Å². The molecular formula is C14H25NO2. The van der Waals surface area contributed by atoms with E-state index >= 15 is 0 Å². The molecule has 0 spiro atoms. The Kier molecular flexibility index (Phi) is 5.42. The van der Waals surface area contributed by atoms with E-state index in [-0.39, 0.29) is 6.61 Å². The molecule has 0 aromatic carbocycles. The minimum absolute atomic E-state index is 0.128. The number of rotatable bonds is 5. The molecule has 1 saturated carbocycles. The van der Waals surface area contributed by atoms with Gasteiger partial charge in [0.2, 0.25) is 0 Å². The van der Waals surface area contributed by atoms with Crippen LogP contribution in [0.25, 0.3) is 0 Å². The van der Waals surface area contributed by atoms with Crippen molar-refractivity contribution in [3.8, 4) is 6.07 Å². The van der Waals surface area contributed by atoms with Crippen molar-refractivity contribution in [2.45, 2.75) is 52.1 Å². The van der Waals surface area contributed by atoms with Gasteiger partial charge in [0, 0.05) is 12.5 Å². The lowest BCUT2D eigenvalue weighted by atomic mass is 9.67. The molecule has 1 N–H and O–H groups in total. The third-order valence-electron chi connectivity index (χ3n) is 3.88. The Morgan fingerprint density at radius 2 is 2.18 bits per heavy atom. The fourth-order valence-corrected chi connectivity index (χ4v) is 2.99. The first-order valence-corrected chi connectivity index (χ1v) is 6.71. The van der Waals surface area contributed by atoms with Crippen LogP contribution in [0.2, 0.25) is 0 Å². The molecule has 1 rings (SSSR count). The molecule has 3 atom stereocenters. The van der Waals surface area contributed by atoms with Gasteiger partial charge in [-0.15, -0.1) is 0 Å². The Balaban J connectivity index is 2.77. The topological polar surface area (TPSA) is 53.2 Å². The van der Waals surface area contributed by atoms with Gasteiger partial charge in [0.05, 0.1) is 12.7 Å². The highest BCUT2D eigenvalue weighted by Gasteiger charge is 2.45. The molecule has 0 aliphatic heterocycles. The molecule has 0 saturated heterocycles. The molecule has 3 heteroatoms. The van der Waals surface area contributed by atoms with E-state index in [1.54, 1.807) is 0 Å². The summed E-state index contributed by atoms with van der Waals surface area (Å²) in [5, 5.41) is 18.4. The van der Waals surface area contributed by atoms with Gasteiger partial charge in [-0.05, 0) is 31.1 Å². The van der Waals surface area contributed by atoms with Crippen molar-refractivity contribution in [2.75, 3.05) is 13.2 Å². The van der Waals surface area contributed by atoms with Gasteiger partial charge in [-0.1, -0.05) is 27.2 Å². The molecule has 3 unspecified atom stereocenters. The van der Waals surface area contributed by atoms with E-state index in [9.17, 15) is 5.26 Å². The van der Waals surface area contributed by atoms with Crippen LogP contribution in [0.15, 0.2) is 0 Å². The lowest BCUT2D eigenvalue weighted by Gasteiger charge is -2.43. The summed E-state index contributed by atoms with van der Waals surface area (Å²) >= 11 is 0. The third kappa shape index (κ3) is 3.43. The van der Waals surface area contributed by atoms with Crippen molar-refractivity contribution < 1.29 is 9.84 Å². The number of ether oxygens (including phenoxy) is 1. The van der Waals surface area contributed by atoms with Gasteiger partial charge in [0.1, 0.15) is 0 Å². The van der Waals surface area contributed by atoms with Crippen LogP contribution in [0.1, 0.15) is 46.5 Å². The molecule has 0 radical (unpaired) electrons. The van der Waals surface area contributed by atoms with Crippen LogP contribution < -0.4 is 0 Å². The lowest BCUT2D eigenvalue weighted by molar-refractivity contribution is -0.0944. The summed E-state index contributed by atoms with van der Waals surface area (Å²) < 4.78 is 5.88. The van der Waals surface area contributed by atoms with Crippen molar-refractivity contribution in [1.82, 2.24) is 0 Å². The van der Waals surface area contributed by atoms with Gasteiger partial charge in [-0.3, -0.25) is 0 Å². The van der Waals surface area contributed by atoms with Crippen molar-refractivity contribution in [3.63, 3.8) is 0 Å². The molecule has 0 amide bonds. The Morgan fingerprint density at radius 1 is 1.47 bits per heavy atom. The molecule has 17 heavy (non-hydrogen) atoms. The second-order valence-corrected chi connectivity index (χ2v) is 5.66. The number of aliphatic hydroxyl groups is 1. The minimum Gasteiger partial charge on any atom is -0.396 e.